The summed E-state index contributed by atoms with van der Waals surface area (Å²) in [5.41, 5.74) is 0.455. The minimum atomic E-state index is -4.30. The average Bonchev–Trinajstić information content (AvgIpc) is 2.47. The predicted molar refractivity (Wildman–Crippen MR) is 53.3 cm³/mol. The molecule has 1 aliphatic heterocycles. The molecule has 0 aromatic carbocycles. The Labute approximate surface area is 92.1 Å². The number of aromatic nitrogens is 2. The first-order valence-electron chi connectivity index (χ1n) is 4.15. The van der Waals surface area contributed by atoms with Crippen LogP contribution in [0.15, 0.2) is 16.7 Å². The molecule has 3 nitrogen and oxygen atoms in total. The number of anilines is 1. The van der Waals surface area contributed by atoms with Crippen molar-refractivity contribution in [2.24, 2.45) is 0 Å². The highest BCUT2D eigenvalue weighted by Crippen LogP contribution is 2.34. The minimum Gasteiger partial charge on any atom is -0.354 e. The predicted octanol–water partition coefficient (Wildman–Crippen LogP) is 2.86. The molecule has 1 aliphatic rings. The Hall–Kier alpha value is -0.980. The van der Waals surface area contributed by atoms with Crippen molar-refractivity contribution in [2.45, 2.75) is 19.1 Å². The van der Waals surface area contributed by atoms with Gasteiger partial charge in [-0.1, -0.05) is 0 Å². The van der Waals surface area contributed by atoms with Gasteiger partial charge < -0.3 is 5.32 Å². The molecule has 1 unspecified atom stereocenters. The molecule has 0 fully saturated rings. The van der Waals surface area contributed by atoms with E-state index >= 15 is 0 Å². The van der Waals surface area contributed by atoms with Crippen LogP contribution in [0.1, 0.15) is 6.92 Å². The first kappa shape index (κ1) is 10.5. The lowest BCUT2D eigenvalue weighted by Gasteiger charge is -2.25. The molecular formula is C8H7BrF3N3. The fourth-order valence-electron chi connectivity index (χ4n) is 1.40. The van der Waals surface area contributed by atoms with E-state index in [-0.39, 0.29) is 0 Å². The maximum atomic E-state index is 12.5. The number of hydrogen-bond acceptors (Lipinski definition) is 2. The summed E-state index contributed by atoms with van der Waals surface area (Å²) in [6.07, 6.45) is -1.74. The van der Waals surface area contributed by atoms with Crippen LogP contribution in [0, 0.1) is 0 Å². The van der Waals surface area contributed by atoms with E-state index in [0.29, 0.717) is 16.0 Å². The maximum Gasteiger partial charge on any atom is 0.412 e. The van der Waals surface area contributed by atoms with Gasteiger partial charge in [-0.25, -0.2) is 4.68 Å². The second-order valence-corrected chi connectivity index (χ2v) is 4.08. The fourth-order valence-corrected chi connectivity index (χ4v) is 1.78. The summed E-state index contributed by atoms with van der Waals surface area (Å²) in [5, 5.41) is 6.29. The number of halogens is 4. The fraction of sp³-hybridized carbons (Fsp3) is 0.375. The number of alkyl halides is 3. The van der Waals surface area contributed by atoms with Crippen LogP contribution in [-0.2, 0) is 0 Å². The molecule has 2 rings (SSSR count). The van der Waals surface area contributed by atoms with E-state index in [0.717, 1.165) is 6.08 Å². The Bertz CT molecular complexity index is 421. The van der Waals surface area contributed by atoms with Gasteiger partial charge in [-0.2, -0.15) is 18.3 Å². The molecule has 0 spiro atoms. The van der Waals surface area contributed by atoms with Crippen LogP contribution >= 0.6 is 15.9 Å². The summed E-state index contributed by atoms with van der Waals surface area (Å²) in [5.74, 6) is 0.331. The average molecular weight is 282 g/mol. The molecule has 0 aliphatic carbocycles. The van der Waals surface area contributed by atoms with Crippen LogP contribution in [0.2, 0.25) is 0 Å². The van der Waals surface area contributed by atoms with Crippen molar-refractivity contribution >= 4 is 27.4 Å². The van der Waals surface area contributed by atoms with E-state index in [9.17, 15) is 13.2 Å². The van der Waals surface area contributed by atoms with Crippen LogP contribution in [0.25, 0.3) is 5.70 Å². The molecule has 2 heterocycles. The summed E-state index contributed by atoms with van der Waals surface area (Å²) >= 11 is 3.13. The zero-order chi connectivity index (χ0) is 11.2. The van der Waals surface area contributed by atoms with Crippen molar-refractivity contribution in [3.8, 4) is 0 Å². The molecule has 0 radical (unpaired) electrons. The Morgan fingerprint density at radius 3 is 2.80 bits per heavy atom. The highest BCUT2D eigenvalue weighted by atomic mass is 79.9. The van der Waals surface area contributed by atoms with E-state index in [1.54, 1.807) is 6.92 Å². The minimum absolute atomic E-state index is 0.331. The summed E-state index contributed by atoms with van der Waals surface area (Å²) < 4.78 is 39.4. The van der Waals surface area contributed by atoms with Gasteiger partial charge in [0.2, 0.25) is 0 Å². The molecule has 1 aromatic rings. The van der Waals surface area contributed by atoms with Gasteiger partial charge in [-0.05, 0) is 28.9 Å². The Balaban J connectivity index is 2.43. The number of fused-ring (bicyclic) bond motifs is 1. The molecule has 0 saturated carbocycles. The van der Waals surface area contributed by atoms with E-state index < -0.39 is 12.2 Å². The van der Waals surface area contributed by atoms with Gasteiger partial charge in [-0.15, -0.1) is 0 Å². The van der Waals surface area contributed by atoms with E-state index in [4.69, 9.17) is 0 Å². The smallest absolute Gasteiger partial charge is 0.354 e. The molecular weight excluding hydrogens is 275 g/mol. The molecule has 15 heavy (non-hydrogen) atoms. The lowest BCUT2D eigenvalue weighted by Crippen LogP contribution is -2.37. The summed E-state index contributed by atoms with van der Waals surface area (Å²) in [6, 6.07) is -1.65. The van der Waals surface area contributed by atoms with Crippen molar-refractivity contribution in [3.63, 3.8) is 0 Å². The largest absolute Gasteiger partial charge is 0.412 e. The van der Waals surface area contributed by atoms with Gasteiger partial charge in [0.15, 0.2) is 0 Å². The topological polar surface area (TPSA) is 29.9 Å². The van der Waals surface area contributed by atoms with Crippen molar-refractivity contribution in [1.82, 2.24) is 9.78 Å². The number of allylic oxidation sites excluding steroid dienone is 1. The number of rotatable bonds is 0. The number of hydrogen-bond donors (Lipinski definition) is 1. The SMILES string of the molecule is CC1=CC(C(F)(F)F)Nc2c(Br)cnn21. The van der Waals surface area contributed by atoms with Crippen LogP contribution in [0.5, 0.6) is 0 Å². The van der Waals surface area contributed by atoms with Crippen LogP contribution in [0.3, 0.4) is 0 Å². The van der Waals surface area contributed by atoms with Gasteiger partial charge in [0.1, 0.15) is 11.9 Å². The third-order valence-corrected chi connectivity index (χ3v) is 2.69. The molecule has 0 amide bonds. The van der Waals surface area contributed by atoms with E-state index in [1.807, 2.05) is 0 Å². The summed E-state index contributed by atoms with van der Waals surface area (Å²) in [4.78, 5) is 0. The molecule has 1 N–H and O–H groups in total. The molecule has 1 atom stereocenters. The standard InChI is InChI=1S/C8H7BrF3N3/c1-4-2-6(8(10,11)12)14-7-5(9)3-13-15(4)7/h2-3,6,14H,1H3. The van der Waals surface area contributed by atoms with Crippen LogP contribution in [0.4, 0.5) is 19.0 Å². The molecule has 7 heteroatoms. The Morgan fingerprint density at radius 2 is 2.20 bits per heavy atom. The molecule has 82 valence electrons. The van der Waals surface area contributed by atoms with Crippen molar-refractivity contribution in [2.75, 3.05) is 5.32 Å². The second kappa shape index (κ2) is 3.26. The van der Waals surface area contributed by atoms with Gasteiger partial charge >= 0.3 is 6.18 Å². The van der Waals surface area contributed by atoms with E-state index in [2.05, 4.69) is 26.3 Å². The zero-order valence-corrected chi connectivity index (χ0v) is 9.22. The van der Waals surface area contributed by atoms with Gasteiger partial charge in [-0.3, -0.25) is 0 Å². The molecule has 0 saturated heterocycles. The maximum absolute atomic E-state index is 12.5. The first-order chi connectivity index (χ1) is 6.89. The quantitative estimate of drug-likeness (QED) is 0.793. The molecule has 1 aromatic heterocycles. The van der Waals surface area contributed by atoms with Crippen molar-refractivity contribution in [1.29, 1.82) is 0 Å². The Morgan fingerprint density at radius 1 is 1.53 bits per heavy atom. The van der Waals surface area contributed by atoms with Crippen molar-refractivity contribution in [3.05, 3.63) is 16.7 Å². The third kappa shape index (κ3) is 1.75. The second-order valence-electron chi connectivity index (χ2n) is 3.22. The van der Waals surface area contributed by atoms with E-state index in [1.165, 1.54) is 10.9 Å². The number of nitrogens with one attached hydrogen (secondary N) is 1. The first-order valence-corrected chi connectivity index (χ1v) is 4.94. The van der Waals surface area contributed by atoms with Gasteiger partial charge in [0.25, 0.3) is 0 Å². The number of nitrogens with zero attached hydrogens (tertiary/aromatic N) is 2. The zero-order valence-electron chi connectivity index (χ0n) is 7.64. The lowest BCUT2D eigenvalue weighted by atomic mass is 10.2. The lowest BCUT2D eigenvalue weighted by molar-refractivity contribution is -0.132. The summed E-state index contributed by atoms with van der Waals surface area (Å²) in [6.45, 7) is 1.59. The highest BCUT2D eigenvalue weighted by molar-refractivity contribution is 9.10. The third-order valence-electron chi connectivity index (χ3n) is 2.11. The highest BCUT2D eigenvalue weighted by Gasteiger charge is 2.41. The van der Waals surface area contributed by atoms with Crippen LogP contribution < -0.4 is 5.32 Å². The normalized spacial score (nSPS) is 20.6. The van der Waals surface area contributed by atoms with Crippen molar-refractivity contribution < 1.29 is 13.2 Å². The monoisotopic (exact) mass is 281 g/mol. The van der Waals surface area contributed by atoms with Gasteiger partial charge in [0.05, 0.1) is 10.7 Å². The van der Waals surface area contributed by atoms with Crippen LogP contribution in [-0.4, -0.2) is 22.0 Å². The van der Waals surface area contributed by atoms with Gasteiger partial charge in [0, 0.05) is 5.70 Å². The summed E-state index contributed by atoms with van der Waals surface area (Å²) in [7, 11) is 0. The molecule has 0 bridgehead atoms. The Kier molecular flexibility index (Phi) is 2.29.